The van der Waals surface area contributed by atoms with Crippen molar-refractivity contribution < 1.29 is 85.0 Å². The van der Waals surface area contributed by atoms with Gasteiger partial charge in [0.05, 0.1) is 31.0 Å². The summed E-state index contributed by atoms with van der Waals surface area (Å²) in [7, 11) is 2.15. The van der Waals surface area contributed by atoms with E-state index in [2.05, 4.69) is 95.1 Å². The van der Waals surface area contributed by atoms with E-state index in [4.69, 9.17) is 37.9 Å². The van der Waals surface area contributed by atoms with Crippen molar-refractivity contribution in [3.63, 3.8) is 0 Å². The van der Waals surface area contributed by atoms with Gasteiger partial charge in [-0.2, -0.15) is 20.4 Å². The topological polar surface area (TPSA) is 356 Å². The number of fused-ring (bicyclic) bond motifs is 4. The lowest BCUT2D eigenvalue weighted by Crippen LogP contribution is -2.45. The number of piperidine rings is 1. The summed E-state index contributed by atoms with van der Waals surface area (Å²) in [5, 5.41) is 29.4. The van der Waals surface area contributed by atoms with Gasteiger partial charge in [-0.15, -0.1) is 0 Å². The molecular formula is C110H143F2N17O16. The average Bonchev–Trinajstić information content (AvgIpc) is 1.63. The standard InChI is InChI=1S/C28H36F2N4O4.C28H39N5O4.C27H36N4O4.C27H32N4O4/c1-17(2)38-27(36)20-15-34(16-28(4,5)23-18(3)31-32-24(20)23)26(35)19-13-21(29)25(22(30)14-19)37-12-11-33-9-7-6-8-10-33;1-19(2)37-27(35)23-17-33(18-28(4,5)24-20(3)29-30-25(23)24)26(34)21-7-9-22(10-8-21)36-16-15-32-13-11-31(6)12-14-32;2*1-18(2)35-26(33)22-16-31(17-27(4,5)23-19(3)28-29-24(22)23)25(32)20-8-10-21(11-9-20)34-15-14-30-12-6-7-13-30/h13-15,17H,6-12,16H2,1-5H3,(H,31,32);7-10,17,19H,11-16,18H2,1-6H3,(H,29,30);8-11,16,18H,6-7,12-15,17H2,1-5H3,(H,28,29);6-13,16,18H,14-15,17H2,1-5H3,(H,28,29). The van der Waals surface area contributed by atoms with Gasteiger partial charge in [0.2, 0.25) is 0 Å². The Morgan fingerprint density at radius 2 is 0.600 bits per heavy atom. The van der Waals surface area contributed by atoms with Crippen molar-refractivity contribution in [2.75, 3.05) is 132 Å². The molecule has 7 aliphatic heterocycles. The highest BCUT2D eigenvalue weighted by Gasteiger charge is 2.44. The first kappa shape index (κ1) is 109. The lowest BCUT2D eigenvalue weighted by Gasteiger charge is -2.32. The highest BCUT2D eigenvalue weighted by molar-refractivity contribution is 6.20. The number of esters is 4. The lowest BCUT2D eigenvalue weighted by molar-refractivity contribution is -0.141. The van der Waals surface area contributed by atoms with Gasteiger partial charge in [0, 0.05) is 198 Å². The minimum atomic E-state index is -0.950. The van der Waals surface area contributed by atoms with Crippen LogP contribution in [0.4, 0.5) is 8.78 Å². The average molecular weight is 2000 g/mol. The molecule has 0 spiro atoms. The van der Waals surface area contributed by atoms with Gasteiger partial charge in [-0.25, -0.2) is 28.0 Å². The van der Waals surface area contributed by atoms with E-state index in [0.29, 0.717) is 91.2 Å². The second-order valence-electron chi connectivity index (χ2n) is 41.8. The molecule has 3 fully saturated rings. The third-order valence-electron chi connectivity index (χ3n) is 26.3. The van der Waals surface area contributed by atoms with Crippen LogP contribution in [0.2, 0.25) is 0 Å². The monoisotopic (exact) mass is 2000 g/mol. The van der Waals surface area contributed by atoms with E-state index in [1.807, 2.05) is 109 Å². The number of halogens is 2. The fraction of sp³-hybridized carbons (Fsp3) is 0.491. The van der Waals surface area contributed by atoms with E-state index >= 15 is 0 Å². The Balaban J connectivity index is 0.000000162. The molecule has 4 N–H and O–H groups in total. The van der Waals surface area contributed by atoms with Crippen molar-refractivity contribution in [3.05, 3.63) is 236 Å². The van der Waals surface area contributed by atoms with Crippen LogP contribution in [0.3, 0.4) is 0 Å². The maximum absolute atomic E-state index is 15.0. The largest absolute Gasteiger partial charge is 0.492 e. The highest BCUT2D eigenvalue weighted by atomic mass is 19.1. The van der Waals surface area contributed by atoms with Crippen molar-refractivity contribution >= 4 is 69.8 Å². The molecule has 778 valence electrons. The number of likely N-dealkylation sites (N-methyl/N-ethyl adjacent to an activating group) is 1. The summed E-state index contributed by atoms with van der Waals surface area (Å²) in [6.07, 6.45) is 14.7. The Morgan fingerprint density at radius 1 is 0.345 bits per heavy atom. The molecule has 0 radical (unpaired) electrons. The molecule has 5 aromatic heterocycles. The summed E-state index contributed by atoms with van der Waals surface area (Å²) >= 11 is 0. The van der Waals surface area contributed by atoms with Crippen LogP contribution < -0.4 is 18.9 Å². The third kappa shape index (κ3) is 27.4. The summed E-state index contributed by atoms with van der Waals surface area (Å²) in [6, 6.07) is 27.4. The number of aromatic amines is 4. The number of aromatic nitrogens is 9. The number of aryl methyl sites for hydroxylation is 4. The molecule has 0 unspecified atom stereocenters. The summed E-state index contributed by atoms with van der Waals surface area (Å²) < 4.78 is 76.9. The molecule has 35 heteroatoms. The van der Waals surface area contributed by atoms with E-state index in [9.17, 15) is 47.1 Å². The Hall–Kier alpha value is -13.4. The minimum Gasteiger partial charge on any atom is -0.492 e. The van der Waals surface area contributed by atoms with Gasteiger partial charge in [-0.3, -0.25) is 54.3 Å². The molecule has 16 rings (SSSR count). The molecule has 0 bridgehead atoms. The first-order valence-corrected chi connectivity index (χ1v) is 50.3. The number of nitrogens with zero attached hydrogens (tertiary/aromatic N) is 13. The Morgan fingerprint density at radius 3 is 0.883 bits per heavy atom. The molecular weight excluding hydrogens is 1850 g/mol. The first-order valence-electron chi connectivity index (χ1n) is 50.3. The van der Waals surface area contributed by atoms with Crippen molar-refractivity contribution in [2.24, 2.45) is 0 Å². The smallest absolute Gasteiger partial charge is 0.342 e. The molecule has 0 saturated carbocycles. The van der Waals surface area contributed by atoms with Crippen LogP contribution in [0, 0.1) is 39.3 Å². The normalized spacial score (nSPS) is 17.1. The number of rotatable bonds is 28. The van der Waals surface area contributed by atoms with Crippen molar-refractivity contribution in [1.29, 1.82) is 0 Å². The van der Waals surface area contributed by atoms with Crippen LogP contribution in [0.1, 0.15) is 252 Å². The van der Waals surface area contributed by atoms with Crippen molar-refractivity contribution in [3.8, 4) is 23.0 Å². The van der Waals surface area contributed by atoms with Gasteiger partial charge in [0.1, 0.15) is 88.7 Å². The lowest BCUT2D eigenvalue weighted by atomic mass is 9.82. The van der Waals surface area contributed by atoms with Gasteiger partial charge in [-0.05, 0) is 239 Å². The van der Waals surface area contributed by atoms with Crippen LogP contribution in [0.25, 0.3) is 22.3 Å². The van der Waals surface area contributed by atoms with E-state index in [1.165, 1.54) is 30.4 Å². The Labute approximate surface area is 848 Å². The van der Waals surface area contributed by atoms with Gasteiger partial charge in [-0.1, -0.05) is 61.8 Å². The van der Waals surface area contributed by atoms with Crippen LogP contribution >= 0.6 is 0 Å². The number of benzene rings is 4. The van der Waals surface area contributed by atoms with Gasteiger partial charge in [0.15, 0.2) is 17.4 Å². The number of piperazine rings is 1. The third-order valence-corrected chi connectivity index (χ3v) is 26.3. The summed E-state index contributed by atoms with van der Waals surface area (Å²) in [5.74, 6) is -3.63. The fourth-order valence-corrected chi connectivity index (χ4v) is 19.6. The van der Waals surface area contributed by atoms with E-state index in [0.717, 1.165) is 153 Å². The quantitative estimate of drug-likeness (QED) is 0.0261. The number of carbonyl (C=O) groups is 8. The zero-order valence-corrected chi connectivity index (χ0v) is 87.8. The highest BCUT2D eigenvalue weighted by Crippen LogP contribution is 2.43. The van der Waals surface area contributed by atoms with Crippen molar-refractivity contribution in [1.82, 2.24) is 84.6 Å². The molecule has 4 amide bonds. The molecule has 3 saturated heterocycles. The molecule has 0 atom stereocenters. The molecule has 4 aromatic carbocycles. The number of carbonyl (C=O) groups excluding carboxylic acids is 8. The zero-order chi connectivity index (χ0) is 105. The molecule has 7 aliphatic rings. The second kappa shape index (κ2) is 47.6. The molecule has 12 heterocycles. The SMILES string of the molecule is Cc1[nH]nc2c1C(C)(C)CN(C(=O)c1cc(F)c(OCCN3CCCCC3)c(F)c1)C=C2C(=O)OC(C)C.Cc1[nH]nc2c1C(C)(C)CN(C(=O)c1ccc(OCCN3CCCC3)cc1)C=C2C(=O)OC(C)C.Cc1[nH]nc2c1C(C)(C)CN(C(=O)c1ccc(OCCN3CCN(C)CC3)cc1)C=C2C(=O)OC(C)C.Cc1[nH]nc2c1C(C)(C)CN(C(=O)c1ccc(OCCn3cccc3)cc1)C=C2C(=O)OC(C)C. The molecule has 145 heavy (non-hydrogen) atoms. The predicted molar refractivity (Wildman–Crippen MR) is 548 cm³/mol. The molecule has 0 aliphatic carbocycles. The van der Waals surface area contributed by atoms with E-state index < -0.39 is 74.9 Å². The number of amides is 4. The number of H-pyrrole nitrogens is 4. The number of nitrogens with one attached hydrogen (secondary N) is 4. The maximum Gasteiger partial charge on any atom is 0.342 e. The summed E-state index contributed by atoms with van der Waals surface area (Å²) in [4.78, 5) is 122. The van der Waals surface area contributed by atoms with Crippen molar-refractivity contribution in [2.45, 2.75) is 223 Å². The fourth-order valence-electron chi connectivity index (χ4n) is 19.6. The number of hydrogen-bond donors (Lipinski definition) is 4. The Bertz CT molecular complexity index is 6150. The van der Waals surface area contributed by atoms with Crippen LogP contribution in [0.15, 0.2) is 134 Å². The molecule has 9 aromatic rings. The molecule has 33 nitrogen and oxygen atoms in total. The summed E-state index contributed by atoms with van der Waals surface area (Å²) in [5.41, 5.74) is 9.19. The van der Waals surface area contributed by atoms with E-state index in [1.54, 1.807) is 137 Å². The van der Waals surface area contributed by atoms with E-state index in [-0.39, 0.29) is 77.0 Å². The van der Waals surface area contributed by atoms with Gasteiger partial charge < -0.3 is 67.0 Å². The van der Waals surface area contributed by atoms with Crippen LogP contribution in [0.5, 0.6) is 23.0 Å². The number of likely N-dealkylation sites (tertiary alicyclic amines) is 2. The zero-order valence-electron chi connectivity index (χ0n) is 87.8. The Kier molecular flexibility index (Phi) is 35.8. The first-order chi connectivity index (χ1) is 68.8. The maximum atomic E-state index is 15.0. The number of hydrogen-bond acceptors (Lipinski definition) is 24. The second-order valence-corrected chi connectivity index (χ2v) is 41.8. The van der Waals surface area contributed by atoms with Gasteiger partial charge in [0.25, 0.3) is 23.6 Å². The number of ether oxygens (including phenoxy) is 8. The van der Waals surface area contributed by atoms with Crippen LogP contribution in [-0.4, -0.2) is 288 Å². The van der Waals surface area contributed by atoms with Gasteiger partial charge >= 0.3 is 23.9 Å². The minimum absolute atomic E-state index is 0.0931. The summed E-state index contributed by atoms with van der Waals surface area (Å²) in [6.45, 7) is 52.8. The van der Waals surface area contributed by atoms with Crippen LogP contribution in [-0.2, 0) is 66.3 Å². The predicted octanol–water partition coefficient (Wildman–Crippen LogP) is 15.9.